The molecule has 0 atom stereocenters. The quantitative estimate of drug-likeness (QED) is 0.848. The lowest BCUT2D eigenvalue weighted by atomic mass is 10.1. The summed E-state index contributed by atoms with van der Waals surface area (Å²) in [6, 6.07) is 9.13. The fourth-order valence-electron chi connectivity index (χ4n) is 1.55. The second kappa shape index (κ2) is 5.44. The summed E-state index contributed by atoms with van der Waals surface area (Å²) in [4.78, 5) is 0. The van der Waals surface area contributed by atoms with Crippen LogP contribution in [0.1, 0.15) is 11.1 Å². The number of ether oxygens (including phenoxy) is 1. The molecule has 0 unspecified atom stereocenters. The maximum absolute atomic E-state index is 13.7. The minimum absolute atomic E-state index is 0.0571. The fraction of sp³-hybridized carbons (Fsp3) is 0.0714. The van der Waals surface area contributed by atoms with Gasteiger partial charge in [-0.1, -0.05) is 18.2 Å². The second-order valence-corrected chi connectivity index (χ2v) is 3.73. The number of halogens is 3. The van der Waals surface area contributed by atoms with Crippen molar-refractivity contribution < 1.29 is 17.9 Å². The highest BCUT2D eigenvalue weighted by Crippen LogP contribution is 2.23. The van der Waals surface area contributed by atoms with Crippen LogP contribution in [-0.4, -0.2) is 0 Å². The Morgan fingerprint density at radius 3 is 2.26 bits per heavy atom. The van der Waals surface area contributed by atoms with Gasteiger partial charge in [0.2, 0.25) is 0 Å². The molecule has 2 rings (SSSR count). The molecular formula is C14H8F3NO. The number of hydrogen-bond donors (Lipinski definition) is 0. The summed E-state index contributed by atoms with van der Waals surface area (Å²) in [7, 11) is 0. The molecule has 5 heteroatoms. The molecule has 2 aromatic rings. The highest BCUT2D eigenvalue weighted by atomic mass is 19.1. The van der Waals surface area contributed by atoms with Crippen LogP contribution >= 0.6 is 0 Å². The Morgan fingerprint density at radius 2 is 1.63 bits per heavy atom. The highest BCUT2D eigenvalue weighted by Gasteiger charge is 2.12. The van der Waals surface area contributed by atoms with Gasteiger partial charge in [-0.3, -0.25) is 0 Å². The van der Waals surface area contributed by atoms with Crippen LogP contribution in [0.15, 0.2) is 36.4 Å². The number of rotatable bonds is 3. The van der Waals surface area contributed by atoms with Crippen molar-refractivity contribution in [2.75, 3.05) is 0 Å². The molecule has 0 aliphatic heterocycles. The standard InChI is InChI=1S/C14H8F3NO/c15-11-5-2-6-12(16)14(11)19-8-10-4-1-3-9(7-18)13(10)17/h1-6H,8H2. The molecule has 0 aromatic heterocycles. The van der Waals surface area contributed by atoms with Gasteiger partial charge in [0.25, 0.3) is 0 Å². The molecule has 0 radical (unpaired) electrons. The molecule has 2 nitrogen and oxygen atoms in total. The van der Waals surface area contributed by atoms with E-state index in [0.717, 1.165) is 12.1 Å². The highest BCUT2D eigenvalue weighted by molar-refractivity contribution is 5.35. The predicted molar refractivity (Wildman–Crippen MR) is 61.8 cm³/mol. The van der Waals surface area contributed by atoms with Crippen LogP contribution < -0.4 is 4.74 Å². The third kappa shape index (κ3) is 2.68. The van der Waals surface area contributed by atoms with E-state index in [9.17, 15) is 13.2 Å². The van der Waals surface area contributed by atoms with Gasteiger partial charge < -0.3 is 4.74 Å². The van der Waals surface area contributed by atoms with Crippen molar-refractivity contribution >= 4 is 0 Å². The number of para-hydroxylation sites is 1. The van der Waals surface area contributed by atoms with Crippen LogP contribution in [0.3, 0.4) is 0 Å². The van der Waals surface area contributed by atoms with E-state index >= 15 is 0 Å². The van der Waals surface area contributed by atoms with E-state index in [4.69, 9.17) is 10.00 Å². The van der Waals surface area contributed by atoms with E-state index in [1.54, 1.807) is 6.07 Å². The molecule has 0 N–H and O–H groups in total. The number of benzene rings is 2. The first-order valence-electron chi connectivity index (χ1n) is 5.37. The van der Waals surface area contributed by atoms with Crippen molar-refractivity contribution in [1.82, 2.24) is 0 Å². The Kier molecular flexibility index (Phi) is 3.71. The molecule has 19 heavy (non-hydrogen) atoms. The molecule has 2 aromatic carbocycles. The van der Waals surface area contributed by atoms with Crippen molar-refractivity contribution in [2.24, 2.45) is 0 Å². The summed E-state index contributed by atoms with van der Waals surface area (Å²) < 4.78 is 45.2. The van der Waals surface area contributed by atoms with Crippen LogP contribution in [-0.2, 0) is 6.61 Å². The molecular weight excluding hydrogens is 255 g/mol. The lowest BCUT2D eigenvalue weighted by molar-refractivity contribution is 0.269. The largest absolute Gasteiger partial charge is 0.483 e. The minimum atomic E-state index is -0.864. The van der Waals surface area contributed by atoms with Gasteiger partial charge in [-0.2, -0.15) is 5.26 Å². The normalized spacial score (nSPS) is 10.0. The predicted octanol–water partition coefficient (Wildman–Crippen LogP) is 3.55. The first kappa shape index (κ1) is 13.0. The maximum atomic E-state index is 13.7. The monoisotopic (exact) mass is 263 g/mol. The van der Waals surface area contributed by atoms with Crippen molar-refractivity contribution in [3.63, 3.8) is 0 Å². The summed E-state index contributed by atoms with van der Waals surface area (Å²) in [5.41, 5.74) is -0.0863. The van der Waals surface area contributed by atoms with Gasteiger partial charge in [-0.05, 0) is 18.2 Å². The second-order valence-electron chi connectivity index (χ2n) is 3.73. The average molecular weight is 263 g/mol. The summed E-state index contributed by atoms with van der Waals surface area (Å²) in [5.74, 6) is -3.04. The molecule has 0 aliphatic rings. The van der Waals surface area contributed by atoms with Crippen LogP contribution in [0, 0.1) is 28.8 Å². The summed E-state index contributed by atoms with van der Waals surface area (Å²) in [5, 5.41) is 8.67. The van der Waals surface area contributed by atoms with E-state index < -0.39 is 23.2 Å². The molecule has 0 amide bonds. The minimum Gasteiger partial charge on any atom is -0.483 e. The first-order valence-corrected chi connectivity index (χ1v) is 5.37. The zero-order valence-corrected chi connectivity index (χ0v) is 9.66. The molecule has 0 spiro atoms. The summed E-state index contributed by atoms with van der Waals surface area (Å²) >= 11 is 0. The zero-order valence-electron chi connectivity index (χ0n) is 9.66. The van der Waals surface area contributed by atoms with Gasteiger partial charge in [0, 0.05) is 5.56 Å². The summed E-state index contributed by atoms with van der Waals surface area (Å²) in [6.45, 7) is -0.362. The SMILES string of the molecule is N#Cc1cccc(COc2c(F)cccc2F)c1F. The Bertz CT molecular complexity index is 629. The molecule has 0 bridgehead atoms. The van der Waals surface area contributed by atoms with E-state index in [1.807, 2.05) is 0 Å². The molecule has 0 saturated carbocycles. The number of nitrogens with zero attached hydrogens (tertiary/aromatic N) is 1. The molecule has 0 saturated heterocycles. The third-order valence-electron chi connectivity index (χ3n) is 2.49. The van der Waals surface area contributed by atoms with Crippen LogP contribution in [0.25, 0.3) is 0 Å². The topological polar surface area (TPSA) is 33.0 Å². The van der Waals surface area contributed by atoms with E-state index in [1.165, 1.54) is 24.3 Å². The van der Waals surface area contributed by atoms with Crippen molar-refractivity contribution in [2.45, 2.75) is 6.61 Å². The Labute approximate surface area is 107 Å². The Balaban J connectivity index is 2.22. The van der Waals surface area contributed by atoms with Gasteiger partial charge in [-0.15, -0.1) is 0 Å². The van der Waals surface area contributed by atoms with Gasteiger partial charge in [0.1, 0.15) is 18.5 Å². The van der Waals surface area contributed by atoms with E-state index in [2.05, 4.69) is 0 Å². The molecule has 0 heterocycles. The Morgan fingerprint density at radius 1 is 1.00 bits per heavy atom. The van der Waals surface area contributed by atoms with Crippen LogP contribution in [0.4, 0.5) is 13.2 Å². The summed E-state index contributed by atoms with van der Waals surface area (Å²) in [6.07, 6.45) is 0. The lowest BCUT2D eigenvalue weighted by Crippen LogP contribution is -2.03. The smallest absolute Gasteiger partial charge is 0.191 e. The lowest BCUT2D eigenvalue weighted by Gasteiger charge is -2.09. The first-order chi connectivity index (χ1) is 9.13. The molecule has 0 aliphatic carbocycles. The van der Waals surface area contributed by atoms with Crippen molar-refractivity contribution in [3.8, 4) is 11.8 Å². The Hall–Kier alpha value is -2.48. The van der Waals surface area contributed by atoms with Crippen molar-refractivity contribution in [1.29, 1.82) is 5.26 Å². The van der Waals surface area contributed by atoms with Gasteiger partial charge in [0.05, 0.1) is 5.56 Å². The molecule has 0 fully saturated rings. The fourth-order valence-corrected chi connectivity index (χ4v) is 1.55. The number of hydrogen-bond acceptors (Lipinski definition) is 2. The van der Waals surface area contributed by atoms with Crippen LogP contribution in [0.2, 0.25) is 0 Å². The van der Waals surface area contributed by atoms with Crippen molar-refractivity contribution in [3.05, 3.63) is 65.0 Å². The zero-order chi connectivity index (χ0) is 13.8. The van der Waals surface area contributed by atoms with Crippen LogP contribution in [0.5, 0.6) is 5.75 Å². The maximum Gasteiger partial charge on any atom is 0.191 e. The van der Waals surface area contributed by atoms with Gasteiger partial charge in [0.15, 0.2) is 17.4 Å². The third-order valence-corrected chi connectivity index (χ3v) is 2.49. The van der Waals surface area contributed by atoms with E-state index in [-0.39, 0.29) is 17.7 Å². The average Bonchev–Trinajstić information content (AvgIpc) is 2.40. The number of nitriles is 1. The van der Waals surface area contributed by atoms with Gasteiger partial charge in [-0.25, -0.2) is 13.2 Å². The molecule has 96 valence electrons. The van der Waals surface area contributed by atoms with E-state index in [0.29, 0.717) is 0 Å². The van der Waals surface area contributed by atoms with Gasteiger partial charge >= 0.3 is 0 Å².